The molecular weight excluding hydrogens is 304 g/mol. The number of hydrogen-bond acceptors (Lipinski definition) is 4. The Kier molecular flexibility index (Phi) is 5.74. The Morgan fingerprint density at radius 1 is 0.708 bits per heavy atom. The maximum absolute atomic E-state index is 11.3. The summed E-state index contributed by atoms with van der Waals surface area (Å²) in [6, 6.07) is 15.5. The Morgan fingerprint density at radius 2 is 1.04 bits per heavy atom. The van der Waals surface area contributed by atoms with Crippen LogP contribution < -0.4 is 0 Å². The Balaban J connectivity index is 2.50. The maximum Gasteiger partial charge on any atom is 0.303 e. The quantitative estimate of drug-likeness (QED) is 0.753. The second kappa shape index (κ2) is 7.77. The first-order valence-corrected chi connectivity index (χ1v) is 7.92. The summed E-state index contributed by atoms with van der Waals surface area (Å²) < 4.78 is 10.7. The first-order chi connectivity index (χ1) is 11.4. The van der Waals surface area contributed by atoms with Crippen LogP contribution in [0.2, 0.25) is 0 Å². The Labute approximate surface area is 142 Å². The summed E-state index contributed by atoms with van der Waals surface area (Å²) in [5, 5.41) is 0. The van der Waals surface area contributed by atoms with Gasteiger partial charge in [0.05, 0.1) is 0 Å². The van der Waals surface area contributed by atoms with E-state index >= 15 is 0 Å². The number of esters is 2. The maximum atomic E-state index is 11.3. The molecule has 4 nitrogen and oxygen atoms in total. The second-order valence-electron chi connectivity index (χ2n) is 5.68. The molecule has 0 aliphatic rings. The van der Waals surface area contributed by atoms with Gasteiger partial charge in [-0.2, -0.15) is 0 Å². The van der Waals surface area contributed by atoms with Crippen LogP contribution in [-0.4, -0.2) is 11.9 Å². The zero-order chi connectivity index (χ0) is 17.7. The molecule has 0 saturated heterocycles. The van der Waals surface area contributed by atoms with Gasteiger partial charge in [-0.05, 0) is 36.1 Å². The van der Waals surface area contributed by atoms with Crippen molar-refractivity contribution in [1.29, 1.82) is 0 Å². The van der Waals surface area contributed by atoms with E-state index in [1.54, 1.807) is 0 Å². The van der Waals surface area contributed by atoms with Gasteiger partial charge in [0.1, 0.15) is 12.2 Å². The van der Waals surface area contributed by atoms with Crippen molar-refractivity contribution in [2.75, 3.05) is 0 Å². The number of rotatable bonds is 5. The van der Waals surface area contributed by atoms with E-state index in [-0.39, 0.29) is 24.1 Å². The number of ether oxygens (including phenoxy) is 2. The SMILES string of the molecule is CC(=O)O[C@@H](C)c1ccccc1-c1ccccc1[C@H](C)OC(C)=O. The van der Waals surface area contributed by atoms with E-state index in [9.17, 15) is 9.59 Å². The molecule has 0 amide bonds. The predicted molar refractivity (Wildman–Crippen MR) is 92.2 cm³/mol. The molecule has 2 aromatic carbocycles. The van der Waals surface area contributed by atoms with E-state index in [0.29, 0.717) is 0 Å². The highest BCUT2D eigenvalue weighted by Gasteiger charge is 2.19. The molecule has 2 aromatic rings. The summed E-state index contributed by atoms with van der Waals surface area (Å²) in [5.41, 5.74) is 3.74. The van der Waals surface area contributed by atoms with Gasteiger partial charge in [-0.15, -0.1) is 0 Å². The largest absolute Gasteiger partial charge is 0.458 e. The molecule has 0 N–H and O–H groups in total. The molecule has 2 atom stereocenters. The van der Waals surface area contributed by atoms with Crippen LogP contribution in [0.3, 0.4) is 0 Å². The van der Waals surface area contributed by atoms with Crippen LogP contribution in [-0.2, 0) is 19.1 Å². The summed E-state index contributed by atoms with van der Waals surface area (Å²) in [4.78, 5) is 22.6. The normalized spacial score (nSPS) is 13.0. The van der Waals surface area contributed by atoms with Crippen molar-refractivity contribution in [2.24, 2.45) is 0 Å². The minimum absolute atomic E-state index is 0.320. The van der Waals surface area contributed by atoms with E-state index < -0.39 is 0 Å². The minimum atomic E-state index is -0.365. The molecule has 0 radical (unpaired) electrons. The van der Waals surface area contributed by atoms with Crippen molar-refractivity contribution in [3.63, 3.8) is 0 Å². The molecule has 4 heteroatoms. The summed E-state index contributed by atoms with van der Waals surface area (Å²) >= 11 is 0. The van der Waals surface area contributed by atoms with Crippen molar-refractivity contribution in [2.45, 2.75) is 39.9 Å². The lowest BCUT2D eigenvalue weighted by atomic mass is 9.91. The van der Waals surface area contributed by atoms with E-state index in [4.69, 9.17) is 9.47 Å². The highest BCUT2D eigenvalue weighted by atomic mass is 16.5. The van der Waals surface area contributed by atoms with Crippen molar-refractivity contribution in [3.05, 3.63) is 59.7 Å². The van der Waals surface area contributed by atoms with E-state index in [0.717, 1.165) is 22.3 Å². The third kappa shape index (κ3) is 4.22. The zero-order valence-electron chi connectivity index (χ0n) is 14.4. The van der Waals surface area contributed by atoms with E-state index in [2.05, 4.69) is 0 Å². The summed E-state index contributed by atoms with van der Waals surface area (Å²) in [6.07, 6.45) is -0.730. The number of carbonyl (C=O) groups is 2. The predicted octanol–water partition coefficient (Wildman–Crippen LogP) is 4.60. The standard InChI is InChI=1S/C20H22O4/c1-13(23-15(3)21)17-9-5-7-11-19(17)20-12-8-6-10-18(20)14(2)24-16(4)22/h5-14H,1-4H3/t13-,14-/m0/s1. The first kappa shape index (κ1) is 17.7. The summed E-state index contributed by atoms with van der Waals surface area (Å²) in [5.74, 6) is -0.641. The molecule has 0 unspecified atom stereocenters. The van der Waals surface area contributed by atoms with Gasteiger partial charge in [0.25, 0.3) is 0 Å². The fourth-order valence-electron chi connectivity index (χ4n) is 2.82. The molecule has 24 heavy (non-hydrogen) atoms. The Morgan fingerprint density at radius 3 is 1.38 bits per heavy atom. The van der Waals surface area contributed by atoms with Crippen LogP contribution in [0, 0.1) is 0 Å². The second-order valence-corrected chi connectivity index (χ2v) is 5.68. The van der Waals surface area contributed by atoms with Crippen molar-refractivity contribution in [1.82, 2.24) is 0 Å². The molecule has 0 fully saturated rings. The van der Waals surface area contributed by atoms with Gasteiger partial charge in [-0.25, -0.2) is 0 Å². The lowest BCUT2D eigenvalue weighted by Crippen LogP contribution is -2.08. The van der Waals surface area contributed by atoms with Gasteiger partial charge < -0.3 is 9.47 Å². The van der Waals surface area contributed by atoms with Gasteiger partial charge in [-0.3, -0.25) is 9.59 Å². The third-order valence-corrected chi connectivity index (χ3v) is 3.77. The van der Waals surface area contributed by atoms with Crippen LogP contribution >= 0.6 is 0 Å². The first-order valence-electron chi connectivity index (χ1n) is 7.92. The van der Waals surface area contributed by atoms with Gasteiger partial charge in [0.15, 0.2) is 0 Å². The monoisotopic (exact) mass is 326 g/mol. The third-order valence-electron chi connectivity index (χ3n) is 3.77. The molecule has 0 spiro atoms. The van der Waals surface area contributed by atoms with Crippen molar-refractivity contribution < 1.29 is 19.1 Å². The van der Waals surface area contributed by atoms with Crippen molar-refractivity contribution in [3.8, 4) is 11.1 Å². The highest BCUT2D eigenvalue weighted by molar-refractivity contribution is 5.73. The highest BCUT2D eigenvalue weighted by Crippen LogP contribution is 2.35. The average Bonchev–Trinajstić information content (AvgIpc) is 2.53. The number of hydrogen-bond donors (Lipinski definition) is 0. The number of benzene rings is 2. The molecule has 0 saturated carbocycles. The molecule has 2 rings (SSSR count). The van der Waals surface area contributed by atoms with Crippen LogP contribution in [0.1, 0.15) is 51.0 Å². The summed E-state index contributed by atoms with van der Waals surface area (Å²) in [7, 11) is 0. The van der Waals surface area contributed by atoms with Crippen molar-refractivity contribution >= 4 is 11.9 Å². The van der Waals surface area contributed by atoms with Crippen LogP contribution in [0.25, 0.3) is 11.1 Å². The average molecular weight is 326 g/mol. The minimum Gasteiger partial charge on any atom is -0.458 e. The molecule has 0 aliphatic carbocycles. The van der Waals surface area contributed by atoms with Gasteiger partial charge in [-0.1, -0.05) is 48.5 Å². The topological polar surface area (TPSA) is 52.6 Å². The number of carbonyl (C=O) groups excluding carboxylic acids is 2. The molecule has 0 aromatic heterocycles. The van der Waals surface area contributed by atoms with Crippen LogP contribution in [0.5, 0.6) is 0 Å². The fraction of sp³-hybridized carbons (Fsp3) is 0.300. The molecule has 0 aliphatic heterocycles. The van der Waals surface area contributed by atoms with Gasteiger partial charge in [0, 0.05) is 13.8 Å². The lowest BCUT2D eigenvalue weighted by molar-refractivity contribution is -0.146. The Hall–Kier alpha value is -2.62. The zero-order valence-corrected chi connectivity index (χ0v) is 14.4. The molecule has 0 bridgehead atoms. The molecule has 0 heterocycles. The van der Waals surface area contributed by atoms with E-state index in [1.165, 1.54) is 13.8 Å². The lowest BCUT2D eigenvalue weighted by Gasteiger charge is -2.21. The van der Waals surface area contributed by atoms with E-state index in [1.807, 2.05) is 62.4 Å². The van der Waals surface area contributed by atoms with Gasteiger partial charge >= 0.3 is 11.9 Å². The summed E-state index contributed by atoms with van der Waals surface area (Å²) in [6.45, 7) is 6.49. The van der Waals surface area contributed by atoms with Crippen LogP contribution in [0.15, 0.2) is 48.5 Å². The van der Waals surface area contributed by atoms with Gasteiger partial charge in [0.2, 0.25) is 0 Å². The fourth-order valence-corrected chi connectivity index (χ4v) is 2.82. The molecular formula is C20H22O4. The van der Waals surface area contributed by atoms with Crippen LogP contribution in [0.4, 0.5) is 0 Å². The Bertz CT molecular complexity index is 672. The smallest absolute Gasteiger partial charge is 0.303 e. The molecule has 126 valence electrons.